The summed E-state index contributed by atoms with van der Waals surface area (Å²) < 4.78 is 7.62. The van der Waals surface area contributed by atoms with Gasteiger partial charge in [0.1, 0.15) is 6.54 Å². The van der Waals surface area contributed by atoms with Gasteiger partial charge >= 0.3 is 0 Å². The van der Waals surface area contributed by atoms with Gasteiger partial charge < -0.3 is 9.64 Å². The van der Waals surface area contributed by atoms with Crippen molar-refractivity contribution >= 4 is 40.7 Å². The maximum absolute atomic E-state index is 13.4. The molecule has 1 fully saturated rings. The van der Waals surface area contributed by atoms with Gasteiger partial charge in [0.05, 0.1) is 16.7 Å². The number of hydrogen-bond acceptors (Lipinski definition) is 5. The second kappa shape index (κ2) is 11.5. The van der Waals surface area contributed by atoms with E-state index in [-0.39, 0.29) is 24.5 Å². The lowest BCUT2D eigenvalue weighted by Gasteiger charge is -2.24. The van der Waals surface area contributed by atoms with Crippen LogP contribution in [-0.4, -0.2) is 52.1 Å². The quantitative estimate of drug-likeness (QED) is 0.287. The van der Waals surface area contributed by atoms with E-state index in [2.05, 4.69) is 18.3 Å². The number of halogens is 1. The summed E-state index contributed by atoms with van der Waals surface area (Å²) in [5.41, 5.74) is 4.75. The Bertz CT molecular complexity index is 1430. The largest absolute Gasteiger partial charge is 0.376 e. The number of aryl methyl sites for hydroxylation is 2. The molecule has 0 bridgehead atoms. The number of ether oxygens (including phenoxy) is 1. The van der Waals surface area contributed by atoms with Gasteiger partial charge in [0.25, 0.3) is 5.91 Å². The number of rotatable bonds is 8. The van der Waals surface area contributed by atoms with Crippen LogP contribution in [0.4, 0.5) is 5.95 Å². The molecule has 0 saturated carbocycles. The van der Waals surface area contributed by atoms with Gasteiger partial charge in [0, 0.05) is 35.6 Å². The van der Waals surface area contributed by atoms with Gasteiger partial charge in [-0.1, -0.05) is 35.9 Å². The molecule has 2 amide bonds. The zero-order valence-electron chi connectivity index (χ0n) is 21.3. The van der Waals surface area contributed by atoms with Crippen molar-refractivity contribution in [3.63, 3.8) is 0 Å². The minimum Gasteiger partial charge on any atom is -0.376 e. The van der Waals surface area contributed by atoms with Crippen LogP contribution in [0.2, 0.25) is 5.02 Å². The Kier molecular flexibility index (Phi) is 7.93. The summed E-state index contributed by atoms with van der Waals surface area (Å²) in [6.07, 6.45) is 3.65. The summed E-state index contributed by atoms with van der Waals surface area (Å²) in [5, 5.41) is 5.45. The fraction of sp³-hybridized carbons (Fsp3) is 0.276. The number of thiophene rings is 1. The highest BCUT2D eigenvalue weighted by atomic mass is 35.5. The monoisotopic (exact) mass is 548 g/mol. The van der Waals surface area contributed by atoms with E-state index in [1.54, 1.807) is 11.0 Å². The fourth-order valence-electron chi connectivity index (χ4n) is 4.45. The molecule has 2 aromatic carbocycles. The first-order valence-corrected chi connectivity index (χ1v) is 13.8. The average molecular weight is 549 g/mol. The maximum atomic E-state index is 13.4. The van der Waals surface area contributed by atoms with E-state index in [4.69, 9.17) is 21.3 Å². The molecule has 5 rings (SSSR count). The van der Waals surface area contributed by atoms with Crippen LogP contribution in [0, 0.1) is 13.8 Å². The molecule has 2 aromatic heterocycles. The Labute approximate surface area is 231 Å². The van der Waals surface area contributed by atoms with Crippen LogP contribution in [0.25, 0.3) is 16.9 Å². The molecular weight excluding hydrogens is 520 g/mol. The van der Waals surface area contributed by atoms with Crippen molar-refractivity contribution in [3.05, 3.63) is 87.2 Å². The van der Waals surface area contributed by atoms with Crippen molar-refractivity contribution in [3.8, 4) is 16.9 Å². The van der Waals surface area contributed by atoms with E-state index in [1.807, 2.05) is 65.5 Å². The van der Waals surface area contributed by atoms with Crippen LogP contribution < -0.4 is 5.32 Å². The Hall–Kier alpha value is -3.46. The van der Waals surface area contributed by atoms with E-state index < -0.39 is 0 Å². The number of carbonyl (C=O) groups excluding carboxylic acids is 2. The number of carbonyl (C=O) groups is 2. The van der Waals surface area contributed by atoms with Gasteiger partial charge in [0.15, 0.2) is 0 Å². The van der Waals surface area contributed by atoms with Crippen LogP contribution in [0.1, 0.15) is 33.6 Å². The number of anilines is 1. The first-order valence-electron chi connectivity index (χ1n) is 12.5. The smallest absolute Gasteiger partial charge is 0.264 e. The predicted octanol–water partition coefficient (Wildman–Crippen LogP) is 6.13. The van der Waals surface area contributed by atoms with Crippen LogP contribution in [0.3, 0.4) is 0 Å². The molecule has 0 radical (unpaired) electrons. The van der Waals surface area contributed by atoms with Crippen molar-refractivity contribution in [1.29, 1.82) is 0 Å². The summed E-state index contributed by atoms with van der Waals surface area (Å²) in [6, 6.07) is 17.1. The first kappa shape index (κ1) is 26.2. The normalized spacial score (nSPS) is 15.0. The molecule has 4 aromatic rings. The molecule has 1 aliphatic rings. The Morgan fingerprint density at radius 1 is 1.16 bits per heavy atom. The van der Waals surface area contributed by atoms with E-state index in [0.717, 1.165) is 29.7 Å². The number of hydrogen-bond donors (Lipinski definition) is 1. The third kappa shape index (κ3) is 5.99. The number of aromatic nitrogens is 2. The van der Waals surface area contributed by atoms with Crippen LogP contribution in [0.5, 0.6) is 0 Å². The minimum atomic E-state index is -0.328. The summed E-state index contributed by atoms with van der Waals surface area (Å²) >= 11 is 7.44. The van der Waals surface area contributed by atoms with E-state index >= 15 is 0 Å². The van der Waals surface area contributed by atoms with Crippen molar-refractivity contribution in [2.45, 2.75) is 32.8 Å². The summed E-state index contributed by atoms with van der Waals surface area (Å²) in [4.78, 5) is 33.5. The van der Waals surface area contributed by atoms with Crippen LogP contribution >= 0.6 is 22.9 Å². The Morgan fingerprint density at radius 3 is 2.66 bits per heavy atom. The molecule has 38 heavy (non-hydrogen) atoms. The number of nitrogens with one attached hydrogen (secondary N) is 1. The molecule has 1 saturated heterocycles. The minimum absolute atomic E-state index is 0.0688. The van der Waals surface area contributed by atoms with Gasteiger partial charge in [-0.25, -0.2) is 4.98 Å². The zero-order chi connectivity index (χ0) is 26.6. The molecule has 1 N–H and O–H groups in total. The predicted molar refractivity (Wildman–Crippen MR) is 151 cm³/mol. The lowest BCUT2D eigenvalue weighted by Crippen LogP contribution is -2.42. The fourth-order valence-corrected chi connectivity index (χ4v) is 5.26. The average Bonchev–Trinajstić information content (AvgIpc) is 3.68. The van der Waals surface area contributed by atoms with E-state index in [1.165, 1.54) is 16.9 Å². The number of nitrogens with zero attached hydrogens (tertiary/aromatic N) is 3. The molecule has 9 heteroatoms. The van der Waals surface area contributed by atoms with Gasteiger partial charge in [-0.2, -0.15) is 0 Å². The first-order chi connectivity index (χ1) is 18.4. The Morgan fingerprint density at radius 2 is 1.97 bits per heavy atom. The number of imidazole rings is 1. The number of amides is 2. The summed E-state index contributed by atoms with van der Waals surface area (Å²) in [5.74, 6) is -0.125. The molecule has 1 atom stereocenters. The zero-order valence-corrected chi connectivity index (χ0v) is 22.9. The summed E-state index contributed by atoms with van der Waals surface area (Å²) in [7, 11) is 0. The van der Waals surface area contributed by atoms with Gasteiger partial charge in [-0.3, -0.25) is 19.5 Å². The molecule has 0 unspecified atom stereocenters. The van der Waals surface area contributed by atoms with E-state index in [0.29, 0.717) is 34.7 Å². The molecule has 7 nitrogen and oxygen atoms in total. The lowest BCUT2D eigenvalue weighted by molar-refractivity contribution is -0.117. The molecule has 3 heterocycles. The lowest BCUT2D eigenvalue weighted by atomic mass is 10.1. The second-order valence-corrected chi connectivity index (χ2v) is 10.8. The van der Waals surface area contributed by atoms with Gasteiger partial charge in [0.2, 0.25) is 11.9 Å². The second-order valence-electron chi connectivity index (χ2n) is 9.44. The van der Waals surface area contributed by atoms with Crippen molar-refractivity contribution in [2.24, 2.45) is 0 Å². The highest BCUT2D eigenvalue weighted by molar-refractivity contribution is 7.12. The highest BCUT2D eigenvalue weighted by Crippen LogP contribution is 2.27. The molecule has 196 valence electrons. The van der Waals surface area contributed by atoms with Crippen LogP contribution in [0.15, 0.2) is 66.2 Å². The van der Waals surface area contributed by atoms with Gasteiger partial charge in [-0.05, 0) is 73.5 Å². The molecule has 1 aliphatic heterocycles. The molecular formula is C29H29ClN4O3S. The molecule has 0 spiro atoms. The number of benzene rings is 2. The highest BCUT2D eigenvalue weighted by Gasteiger charge is 2.26. The third-order valence-corrected chi connectivity index (χ3v) is 7.78. The van der Waals surface area contributed by atoms with Crippen LogP contribution in [-0.2, 0) is 9.53 Å². The Balaban J connectivity index is 1.42. The van der Waals surface area contributed by atoms with E-state index in [9.17, 15) is 9.59 Å². The SMILES string of the molecule is Cc1ccc(-n2cc(-c3ccc(Cl)cc3)nc2NC(=O)CN(C[C@H]2CCCO2)C(=O)c2cccs2)cc1C. The topological polar surface area (TPSA) is 76.5 Å². The summed E-state index contributed by atoms with van der Waals surface area (Å²) in [6.45, 7) is 5.05. The van der Waals surface area contributed by atoms with Crippen molar-refractivity contribution in [2.75, 3.05) is 25.0 Å². The standard InChI is InChI=1S/C29H29ClN4O3S/c1-19-7-12-23(15-20(19)2)34-17-25(21-8-10-22(30)11-9-21)31-29(34)32-27(35)18-33(16-24-5-3-13-37-24)28(36)26-6-4-14-38-26/h4,6-12,14-15,17,24H,3,5,13,16,18H2,1-2H3,(H,31,32,35)/t24-/m1/s1. The maximum Gasteiger partial charge on any atom is 0.264 e. The van der Waals surface area contributed by atoms with Gasteiger partial charge in [-0.15, -0.1) is 11.3 Å². The van der Waals surface area contributed by atoms with Crippen molar-refractivity contribution < 1.29 is 14.3 Å². The third-order valence-electron chi connectivity index (χ3n) is 6.67. The van der Waals surface area contributed by atoms with Crippen molar-refractivity contribution in [1.82, 2.24) is 14.5 Å². The molecule has 0 aliphatic carbocycles.